The van der Waals surface area contributed by atoms with Gasteiger partial charge in [-0.15, -0.1) is 0 Å². The minimum Gasteiger partial charge on any atom is -0.367 e. The van der Waals surface area contributed by atoms with Crippen LogP contribution in [0.4, 0.5) is 5.69 Å². The van der Waals surface area contributed by atoms with Gasteiger partial charge in [0.05, 0.1) is 10.7 Å². The summed E-state index contributed by atoms with van der Waals surface area (Å²) in [6.45, 7) is 0.145. The largest absolute Gasteiger partial charge is 0.367 e. The Morgan fingerprint density at radius 1 is 1.25 bits per heavy atom. The van der Waals surface area contributed by atoms with Gasteiger partial charge in [-0.2, -0.15) is 0 Å². The second-order valence-electron chi connectivity index (χ2n) is 4.19. The highest BCUT2D eigenvalue weighted by Gasteiger charge is 2.19. The number of nitro benzene ring substituents is 1. The van der Waals surface area contributed by atoms with Crippen molar-refractivity contribution in [2.45, 2.75) is 12.3 Å². The van der Waals surface area contributed by atoms with E-state index < -0.39 is 20.7 Å². The molecule has 0 aliphatic carbocycles. The van der Waals surface area contributed by atoms with Gasteiger partial charge in [0.15, 0.2) is 0 Å². The van der Waals surface area contributed by atoms with Crippen molar-refractivity contribution < 1.29 is 13.3 Å². The van der Waals surface area contributed by atoms with Gasteiger partial charge in [-0.1, -0.05) is 18.2 Å². The second-order valence-corrected chi connectivity index (χ2v) is 5.99. The highest BCUT2D eigenvalue weighted by molar-refractivity contribution is 7.88. The van der Waals surface area contributed by atoms with Crippen LogP contribution in [0, 0.1) is 10.1 Å². The molecule has 0 amide bonds. The second kappa shape index (κ2) is 5.85. The van der Waals surface area contributed by atoms with Crippen LogP contribution in [0.1, 0.15) is 11.1 Å². The van der Waals surface area contributed by atoms with E-state index in [2.05, 4.69) is 9.71 Å². The van der Waals surface area contributed by atoms with Crippen molar-refractivity contribution in [2.75, 3.05) is 0 Å². The third-order valence-corrected chi connectivity index (χ3v) is 3.97. The lowest BCUT2D eigenvalue weighted by molar-refractivity contribution is -0.385. The number of H-pyrrole nitrogens is 1. The summed E-state index contributed by atoms with van der Waals surface area (Å²) in [6, 6.07) is 7.55. The fraction of sp³-hybridized carbons (Fsp3) is 0.167. The molecule has 1 aromatic heterocycles. The van der Waals surface area contributed by atoms with Crippen LogP contribution >= 0.6 is 0 Å². The van der Waals surface area contributed by atoms with Crippen LogP contribution in [0.5, 0.6) is 0 Å². The molecule has 2 N–H and O–H groups in total. The molecule has 0 radical (unpaired) electrons. The first kappa shape index (κ1) is 14.2. The fourth-order valence-electron chi connectivity index (χ4n) is 1.73. The monoisotopic (exact) mass is 295 g/mol. The Labute approximate surface area is 115 Å². The van der Waals surface area contributed by atoms with Gasteiger partial charge in [-0.05, 0) is 11.6 Å². The molecule has 0 unspecified atom stereocenters. The number of para-hydroxylation sites is 1. The molecule has 7 nitrogen and oxygen atoms in total. The van der Waals surface area contributed by atoms with E-state index in [0.717, 1.165) is 5.56 Å². The Kier molecular flexibility index (Phi) is 4.16. The van der Waals surface area contributed by atoms with E-state index >= 15 is 0 Å². The van der Waals surface area contributed by atoms with Gasteiger partial charge in [0.25, 0.3) is 5.69 Å². The molecular formula is C12H13N3O4S. The minimum absolute atomic E-state index is 0.145. The van der Waals surface area contributed by atoms with Gasteiger partial charge in [-0.3, -0.25) is 10.1 Å². The summed E-state index contributed by atoms with van der Waals surface area (Å²) in [5.41, 5.74) is 0.759. The summed E-state index contributed by atoms with van der Waals surface area (Å²) >= 11 is 0. The molecule has 106 valence electrons. The number of hydrogen-bond acceptors (Lipinski definition) is 4. The molecular weight excluding hydrogens is 282 g/mol. The zero-order valence-corrected chi connectivity index (χ0v) is 11.3. The lowest BCUT2D eigenvalue weighted by atomic mass is 10.2. The van der Waals surface area contributed by atoms with Crippen molar-refractivity contribution in [1.29, 1.82) is 0 Å². The molecule has 20 heavy (non-hydrogen) atoms. The Morgan fingerprint density at radius 3 is 2.65 bits per heavy atom. The topological polar surface area (TPSA) is 105 Å². The predicted molar refractivity (Wildman–Crippen MR) is 73.4 cm³/mol. The number of hydrogen-bond donors (Lipinski definition) is 2. The minimum atomic E-state index is -3.64. The number of aromatic amines is 1. The van der Waals surface area contributed by atoms with Gasteiger partial charge in [0.1, 0.15) is 0 Å². The summed E-state index contributed by atoms with van der Waals surface area (Å²) in [5.74, 6) is -0.422. The van der Waals surface area contributed by atoms with Crippen LogP contribution in [0.2, 0.25) is 0 Å². The Balaban J connectivity index is 2.10. The van der Waals surface area contributed by atoms with E-state index in [-0.39, 0.29) is 17.8 Å². The number of nitro groups is 1. The van der Waals surface area contributed by atoms with E-state index in [4.69, 9.17) is 0 Å². The van der Waals surface area contributed by atoms with Crippen LogP contribution in [-0.4, -0.2) is 18.3 Å². The van der Waals surface area contributed by atoms with Crippen molar-refractivity contribution in [3.8, 4) is 0 Å². The zero-order valence-electron chi connectivity index (χ0n) is 10.4. The van der Waals surface area contributed by atoms with Crippen LogP contribution < -0.4 is 4.72 Å². The summed E-state index contributed by atoms with van der Waals surface area (Å²) in [5, 5.41) is 10.8. The zero-order chi connectivity index (χ0) is 14.6. The lowest BCUT2D eigenvalue weighted by Crippen LogP contribution is -2.24. The molecule has 2 aromatic rings. The maximum atomic E-state index is 11.9. The summed E-state index contributed by atoms with van der Waals surface area (Å²) in [6.07, 6.45) is 3.36. The molecule has 1 aromatic carbocycles. The molecule has 0 bridgehead atoms. The Morgan fingerprint density at radius 2 is 2.00 bits per heavy atom. The average Bonchev–Trinajstić information content (AvgIpc) is 2.89. The third kappa shape index (κ3) is 3.65. The molecule has 0 saturated heterocycles. The number of benzene rings is 1. The molecule has 2 rings (SSSR count). The van der Waals surface area contributed by atoms with Crippen molar-refractivity contribution in [1.82, 2.24) is 9.71 Å². The summed E-state index contributed by atoms with van der Waals surface area (Å²) in [4.78, 5) is 13.1. The number of nitrogens with zero attached hydrogens (tertiary/aromatic N) is 1. The van der Waals surface area contributed by atoms with Gasteiger partial charge >= 0.3 is 0 Å². The van der Waals surface area contributed by atoms with Crippen LogP contribution in [-0.2, 0) is 22.3 Å². The first-order chi connectivity index (χ1) is 9.48. The first-order valence-corrected chi connectivity index (χ1v) is 7.44. The van der Waals surface area contributed by atoms with Crippen LogP contribution in [0.25, 0.3) is 0 Å². The van der Waals surface area contributed by atoms with Crippen molar-refractivity contribution >= 4 is 15.7 Å². The van der Waals surface area contributed by atoms with Crippen molar-refractivity contribution in [3.63, 3.8) is 0 Å². The van der Waals surface area contributed by atoms with E-state index in [1.165, 1.54) is 18.2 Å². The molecule has 1 heterocycles. The normalized spacial score (nSPS) is 11.4. The highest BCUT2D eigenvalue weighted by atomic mass is 32.2. The molecule has 0 fully saturated rings. The molecule has 0 aliphatic heterocycles. The molecule has 0 atom stereocenters. The summed E-state index contributed by atoms with van der Waals surface area (Å²) in [7, 11) is -3.64. The van der Waals surface area contributed by atoms with Crippen LogP contribution in [0.15, 0.2) is 42.7 Å². The van der Waals surface area contributed by atoms with E-state index in [0.29, 0.717) is 0 Å². The Bertz CT molecular complexity index is 695. The highest BCUT2D eigenvalue weighted by Crippen LogP contribution is 2.19. The third-order valence-electron chi connectivity index (χ3n) is 2.69. The number of nitrogens with one attached hydrogen (secondary N) is 2. The van der Waals surface area contributed by atoms with E-state index in [1.807, 2.05) is 0 Å². The van der Waals surface area contributed by atoms with Gasteiger partial charge in [0, 0.05) is 30.6 Å². The molecule has 0 spiro atoms. The number of aromatic nitrogens is 1. The van der Waals surface area contributed by atoms with Crippen LogP contribution in [0.3, 0.4) is 0 Å². The standard InChI is InChI=1S/C12H13N3O4S/c16-15(17)12-4-2-1-3-11(12)9-20(18,19)14-8-10-5-6-13-7-10/h1-7,13-14H,8-9H2. The van der Waals surface area contributed by atoms with Gasteiger partial charge in [-0.25, -0.2) is 13.1 Å². The predicted octanol–water partition coefficient (Wildman–Crippen LogP) is 1.54. The SMILES string of the molecule is O=[N+]([O-])c1ccccc1CS(=O)(=O)NCc1cc[nH]c1. The fourth-order valence-corrected chi connectivity index (χ4v) is 2.87. The first-order valence-electron chi connectivity index (χ1n) is 5.79. The molecule has 0 saturated carbocycles. The van der Waals surface area contributed by atoms with Crippen molar-refractivity contribution in [3.05, 3.63) is 64.0 Å². The molecule has 8 heteroatoms. The summed E-state index contributed by atoms with van der Waals surface area (Å²) < 4.78 is 26.3. The smallest absolute Gasteiger partial charge is 0.273 e. The van der Waals surface area contributed by atoms with Gasteiger partial charge < -0.3 is 4.98 Å². The molecule has 0 aliphatic rings. The van der Waals surface area contributed by atoms with Gasteiger partial charge in [0.2, 0.25) is 10.0 Å². The number of rotatable bonds is 6. The van der Waals surface area contributed by atoms with Crippen molar-refractivity contribution in [2.24, 2.45) is 0 Å². The van der Waals surface area contributed by atoms with E-state index in [1.54, 1.807) is 24.5 Å². The lowest BCUT2D eigenvalue weighted by Gasteiger charge is -2.06. The maximum Gasteiger partial charge on any atom is 0.273 e. The quantitative estimate of drug-likeness (QED) is 0.623. The number of sulfonamides is 1. The average molecular weight is 295 g/mol. The Hall–Kier alpha value is -2.19. The maximum absolute atomic E-state index is 11.9. The van der Waals surface area contributed by atoms with E-state index in [9.17, 15) is 18.5 Å².